The van der Waals surface area contributed by atoms with Crippen molar-refractivity contribution in [3.05, 3.63) is 26.4 Å². The van der Waals surface area contributed by atoms with Crippen LogP contribution in [0.2, 0.25) is 5.02 Å². The topological polar surface area (TPSA) is 105 Å². The molecule has 0 unspecified atom stereocenters. The standard InChI is InChI=1S/C11H11ClN2O2S.C4H9NO/c1-3-16-11(15)7(4-13)9(14)10-8(12)6(2)5-17-10;1-3-4(6)5-2/h5H,3,14H2,1-2H3;3H2,1-2H3,(H,5,6)/b9-7-;. The van der Waals surface area contributed by atoms with Gasteiger partial charge in [-0.3, -0.25) is 4.79 Å². The fraction of sp³-hybridized carbons (Fsp3) is 0.400. The van der Waals surface area contributed by atoms with Crippen molar-refractivity contribution in [1.82, 2.24) is 5.32 Å². The van der Waals surface area contributed by atoms with Crippen molar-refractivity contribution >= 4 is 40.5 Å². The molecule has 1 aromatic rings. The molecule has 0 spiro atoms. The predicted molar refractivity (Wildman–Crippen MR) is 91.8 cm³/mol. The second kappa shape index (κ2) is 10.6. The fourth-order valence-corrected chi connectivity index (χ4v) is 2.58. The summed E-state index contributed by atoms with van der Waals surface area (Å²) in [5, 5.41) is 13.7. The predicted octanol–water partition coefficient (Wildman–Crippen LogP) is 2.61. The summed E-state index contributed by atoms with van der Waals surface area (Å²) in [6, 6.07) is 1.75. The zero-order valence-corrected chi connectivity index (χ0v) is 15.1. The van der Waals surface area contributed by atoms with Crippen LogP contribution in [0.15, 0.2) is 11.0 Å². The number of nitrogens with one attached hydrogen (secondary N) is 1. The molecule has 1 aromatic heterocycles. The largest absolute Gasteiger partial charge is 0.462 e. The molecule has 0 bridgehead atoms. The Labute approximate surface area is 144 Å². The van der Waals surface area contributed by atoms with Gasteiger partial charge in [-0.25, -0.2) is 4.79 Å². The quantitative estimate of drug-likeness (QED) is 0.489. The van der Waals surface area contributed by atoms with Gasteiger partial charge < -0.3 is 15.8 Å². The number of esters is 1. The van der Waals surface area contributed by atoms with Crippen molar-refractivity contribution in [1.29, 1.82) is 5.26 Å². The third kappa shape index (κ3) is 6.30. The summed E-state index contributed by atoms with van der Waals surface area (Å²) in [6.45, 7) is 5.49. The maximum atomic E-state index is 11.5. The van der Waals surface area contributed by atoms with Crippen molar-refractivity contribution in [3.63, 3.8) is 0 Å². The zero-order chi connectivity index (χ0) is 18.0. The molecule has 0 atom stereocenters. The molecule has 1 rings (SSSR count). The van der Waals surface area contributed by atoms with Crippen LogP contribution in [-0.4, -0.2) is 25.5 Å². The van der Waals surface area contributed by atoms with Crippen LogP contribution in [0.3, 0.4) is 0 Å². The summed E-state index contributed by atoms with van der Waals surface area (Å²) in [4.78, 5) is 22.1. The smallest absolute Gasteiger partial charge is 0.351 e. The molecule has 0 fully saturated rings. The number of aryl methyl sites for hydroxylation is 1. The summed E-state index contributed by atoms with van der Waals surface area (Å²) in [7, 11) is 1.63. The van der Waals surface area contributed by atoms with Crippen LogP contribution in [0, 0.1) is 18.3 Å². The van der Waals surface area contributed by atoms with Gasteiger partial charge in [-0.05, 0) is 24.8 Å². The van der Waals surface area contributed by atoms with E-state index in [0.717, 1.165) is 5.56 Å². The lowest BCUT2D eigenvalue weighted by molar-refractivity contribution is -0.138. The van der Waals surface area contributed by atoms with Crippen LogP contribution >= 0.6 is 22.9 Å². The van der Waals surface area contributed by atoms with Gasteiger partial charge in [-0.2, -0.15) is 5.26 Å². The number of nitrogens with two attached hydrogens (primary N) is 1. The number of nitrogens with zero attached hydrogens (tertiary/aromatic N) is 1. The SMILES string of the molecule is CCC(=O)NC.CCOC(=O)/C(C#N)=C(\N)c1scc(C)c1Cl. The lowest BCUT2D eigenvalue weighted by atomic mass is 10.2. The maximum absolute atomic E-state index is 11.5. The van der Waals surface area contributed by atoms with Crippen LogP contribution < -0.4 is 11.1 Å². The Balaban J connectivity index is 0.000000688. The second-order valence-corrected chi connectivity index (χ2v) is 5.47. The number of carbonyl (C=O) groups excluding carboxylic acids is 2. The lowest BCUT2D eigenvalue weighted by Gasteiger charge is -2.04. The van der Waals surface area contributed by atoms with E-state index >= 15 is 0 Å². The van der Waals surface area contributed by atoms with Crippen LogP contribution in [0.1, 0.15) is 30.7 Å². The van der Waals surface area contributed by atoms with Gasteiger partial charge in [-0.15, -0.1) is 11.3 Å². The van der Waals surface area contributed by atoms with Crippen molar-refractivity contribution in [2.75, 3.05) is 13.7 Å². The Hall–Kier alpha value is -2.04. The van der Waals surface area contributed by atoms with Gasteiger partial charge in [-0.1, -0.05) is 18.5 Å². The highest BCUT2D eigenvalue weighted by Crippen LogP contribution is 2.32. The average molecular weight is 358 g/mol. The normalized spacial score (nSPS) is 10.6. The Morgan fingerprint density at radius 1 is 1.48 bits per heavy atom. The molecule has 8 heteroatoms. The minimum atomic E-state index is -0.727. The molecule has 23 heavy (non-hydrogen) atoms. The van der Waals surface area contributed by atoms with Crippen molar-refractivity contribution in [3.8, 4) is 6.07 Å². The van der Waals surface area contributed by atoms with Crippen molar-refractivity contribution in [2.24, 2.45) is 5.73 Å². The van der Waals surface area contributed by atoms with E-state index in [9.17, 15) is 9.59 Å². The maximum Gasteiger partial charge on any atom is 0.351 e. The van der Waals surface area contributed by atoms with Crippen molar-refractivity contribution in [2.45, 2.75) is 27.2 Å². The van der Waals surface area contributed by atoms with E-state index in [-0.39, 0.29) is 23.8 Å². The van der Waals surface area contributed by atoms with Gasteiger partial charge in [0.25, 0.3) is 0 Å². The first kappa shape index (κ1) is 21.0. The molecular weight excluding hydrogens is 338 g/mol. The number of thiophene rings is 1. The Kier molecular flexibility index (Phi) is 9.70. The molecule has 0 saturated carbocycles. The summed E-state index contributed by atoms with van der Waals surface area (Å²) in [5.41, 5.74) is 6.49. The van der Waals surface area contributed by atoms with Crippen LogP contribution in [0.5, 0.6) is 0 Å². The summed E-state index contributed by atoms with van der Waals surface area (Å²) >= 11 is 7.31. The number of rotatable bonds is 4. The van der Waals surface area contributed by atoms with Crippen LogP contribution in [0.25, 0.3) is 5.70 Å². The van der Waals surface area contributed by atoms with Crippen LogP contribution in [-0.2, 0) is 14.3 Å². The number of ether oxygens (including phenoxy) is 1. The lowest BCUT2D eigenvalue weighted by Crippen LogP contribution is -2.15. The minimum Gasteiger partial charge on any atom is -0.462 e. The van der Waals surface area contributed by atoms with Gasteiger partial charge in [0.1, 0.15) is 6.07 Å². The molecule has 0 aromatic carbocycles. The highest BCUT2D eigenvalue weighted by molar-refractivity contribution is 7.12. The third-order valence-electron chi connectivity index (χ3n) is 2.60. The van der Waals surface area contributed by atoms with Gasteiger partial charge in [0.15, 0.2) is 5.57 Å². The monoisotopic (exact) mass is 357 g/mol. The molecule has 3 N–H and O–H groups in total. The number of nitriles is 1. The first-order chi connectivity index (χ1) is 10.8. The van der Waals surface area contributed by atoms with Gasteiger partial charge in [0, 0.05) is 13.5 Å². The third-order valence-corrected chi connectivity index (χ3v) is 4.33. The number of carbonyl (C=O) groups is 2. The summed E-state index contributed by atoms with van der Waals surface area (Å²) in [5.74, 6) is -0.635. The fourth-order valence-electron chi connectivity index (χ4n) is 1.32. The average Bonchev–Trinajstić information content (AvgIpc) is 2.87. The second-order valence-electron chi connectivity index (χ2n) is 4.21. The zero-order valence-electron chi connectivity index (χ0n) is 13.5. The van der Waals surface area contributed by atoms with Gasteiger partial charge in [0.05, 0.1) is 22.2 Å². The molecule has 0 aliphatic carbocycles. The Morgan fingerprint density at radius 2 is 2.09 bits per heavy atom. The number of hydrogen-bond donors (Lipinski definition) is 2. The molecule has 1 amide bonds. The summed E-state index contributed by atoms with van der Waals surface area (Å²) < 4.78 is 4.75. The van der Waals surface area contributed by atoms with Gasteiger partial charge in [0.2, 0.25) is 5.91 Å². The highest BCUT2D eigenvalue weighted by Gasteiger charge is 2.19. The molecule has 0 saturated heterocycles. The molecule has 1 heterocycles. The summed E-state index contributed by atoms with van der Waals surface area (Å²) in [6.07, 6.45) is 0.580. The van der Waals surface area contributed by atoms with E-state index in [1.165, 1.54) is 11.3 Å². The molecule has 6 nitrogen and oxygen atoms in total. The highest BCUT2D eigenvalue weighted by atomic mass is 35.5. The number of hydrogen-bond acceptors (Lipinski definition) is 6. The van der Waals surface area contributed by atoms with E-state index in [0.29, 0.717) is 16.3 Å². The first-order valence-electron chi connectivity index (χ1n) is 6.85. The van der Waals surface area contributed by atoms with E-state index < -0.39 is 5.97 Å². The Bertz CT molecular complexity index is 626. The van der Waals surface area contributed by atoms with E-state index in [4.69, 9.17) is 27.3 Å². The van der Waals surface area contributed by atoms with E-state index in [2.05, 4.69) is 5.32 Å². The number of amides is 1. The molecule has 0 radical (unpaired) electrons. The number of halogens is 1. The first-order valence-corrected chi connectivity index (χ1v) is 8.11. The molecular formula is C15H20ClN3O3S. The Morgan fingerprint density at radius 3 is 2.39 bits per heavy atom. The molecule has 0 aliphatic heterocycles. The molecule has 0 aliphatic rings. The minimum absolute atomic E-state index is 0.0639. The van der Waals surface area contributed by atoms with E-state index in [1.54, 1.807) is 20.0 Å². The molecule has 126 valence electrons. The van der Waals surface area contributed by atoms with Crippen LogP contribution in [0.4, 0.5) is 0 Å². The van der Waals surface area contributed by atoms with E-state index in [1.807, 2.05) is 19.2 Å². The van der Waals surface area contributed by atoms with Crippen molar-refractivity contribution < 1.29 is 14.3 Å². The van der Waals surface area contributed by atoms with Gasteiger partial charge >= 0.3 is 5.97 Å².